The number of fused-ring (bicyclic) bond motifs is 1. The van der Waals surface area contributed by atoms with Crippen molar-refractivity contribution in [2.24, 2.45) is 17.8 Å². The molecular weight excluding hydrogens is 354 g/mol. The molecule has 1 saturated heterocycles. The topological polar surface area (TPSA) is 71.5 Å². The third-order valence-corrected chi connectivity index (χ3v) is 6.00. The zero-order valence-electron chi connectivity index (χ0n) is 16.9. The smallest absolute Gasteiger partial charge is 0.410 e. The van der Waals surface area contributed by atoms with Crippen molar-refractivity contribution in [1.29, 1.82) is 0 Å². The zero-order chi connectivity index (χ0) is 19.9. The Bertz CT molecular complexity index is 768. The maximum absolute atomic E-state index is 12.3. The molecule has 6 heteroatoms. The number of carbonyl (C=O) groups is 2. The number of nitrogens with one attached hydrogen (secondary N) is 1. The molecule has 0 spiro atoms. The van der Waals surface area contributed by atoms with Gasteiger partial charge in [-0.05, 0) is 75.5 Å². The van der Waals surface area contributed by atoms with E-state index in [0.717, 1.165) is 37.9 Å². The molecule has 0 aromatic carbocycles. The van der Waals surface area contributed by atoms with E-state index >= 15 is 0 Å². The fraction of sp³-hybridized carbons (Fsp3) is 0.591. The number of rotatable bonds is 5. The van der Waals surface area contributed by atoms with Crippen LogP contribution in [0, 0.1) is 17.8 Å². The predicted molar refractivity (Wildman–Crippen MR) is 106 cm³/mol. The summed E-state index contributed by atoms with van der Waals surface area (Å²) in [5, 5.41) is 3.21. The highest BCUT2D eigenvalue weighted by atomic mass is 16.6. The van der Waals surface area contributed by atoms with Crippen LogP contribution in [0.3, 0.4) is 0 Å². The minimum absolute atomic E-state index is 0.0393. The van der Waals surface area contributed by atoms with Crippen LogP contribution in [0.15, 0.2) is 30.6 Å². The second-order valence-corrected chi connectivity index (χ2v) is 9.47. The molecule has 0 radical (unpaired) electrons. The van der Waals surface area contributed by atoms with Crippen LogP contribution in [0.4, 0.5) is 4.79 Å². The first-order valence-corrected chi connectivity index (χ1v) is 10.1. The van der Waals surface area contributed by atoms with Crippen LogP contribution >= 0.6 is 0 Å². The van der Waals surface area contributed by atoms with Gasteiger partial charge in [-0.2, -0.15) is 0 Å². The summed E-state index contributed by atoms with van der Waals surface area (Å²) in [6.07, 6.45) is 9.75. The maximum Gasteiger partial charge on any atom is 0.410 e. The van der Waals surface area contributed by atoms with E-state index in [1.165, 1.54) is 0 Å². The lowest BCUT2D eigenvalue weighted by Crippen LogP contribution is -2.39. The molecule has 3 atom stereocenters. The predicted octanol–water partition coefficient (Wildman–Crippen LogP) is 3.25. The van der Waals surface area contributed by atoms with E-state index < -0.39 is 5.60 Å². The van der Waals surface area contributed by atoms with Crippen LogP contribution in [0.25, 0.3) is 6.08 Å². The molecule has 3 aliphatic rings. The first kappa shape index (κ1) is 19.0. The van der Waals surface area contributed by atoms with Gasteiger partial charge in [0.15, 0.2) is 0 Å². The molecule has 2 amide bonds. The second-order valence-electron chi connectivity index (χ2n) is 9.47. The lowest BCUT2D eigenvalue weighted by atomic mass is 10.0. The summed E-state index contributed by atoms with van der Waals surface area (Å²) in [5.74, 6) is 1.70. The van der Waals surface area contributed by atoms with Crippen molar-refractivity contribution in [2.75, 3.05) is 13.1 Å². The third kappa shape index (κ3) is 4.37. The van der Waals surface area contributed by atoms with E-state index in [0.29, 0.717) is 17.8 Å². The van der Waals surface area contributed by atoms with E-state index in [1.807, 2.05) is 37.8 Å². The van der Waals surface area contributed by atoms with Crippen LogP contribution in [0.5, 0.6) is 0 Å². The summed E-state index contributed by atoms with van der Waals surface area (Å²) in [6.45, 7) is 7.26. The summed E-state index contributed by atoms with van der Waals surface area (Å²) >= 11 is 0. The van der Waals surface area contributed by atoms with Gasteiger partial charge in [-0.25, -0.2) is 4.79 Å². The Morgan fingerprint density at radius 1 is 1.32 bits per heavy atom. The number of likely N-dealkylation sites (tertiary alicyclic amines) is 1. The van der Waals surface area contributed by atoms with Gasteiger partial charge in [-0.3, -0.25) is 9.78 Å². The molecule has 1 N–H and O–H groups in total. The Kier molecular flexibility index (Phi) is 4.68. The Morgan fingerprint density at radius 2 is 2.04 bits per heavy atom. The highest BCUT2D eigenvalue weighted by molar-refractivity contribution is 5.92. The Balaban J connectivity index is 1.24. The molecule has 0 bridgehead atoms. The number of aromatic nitrogens is 1. The molecule has 2 saturated carbocycles. The number of amides is 2. The highest BCUT2D eigenvalue weighted by Crippen LogP contribution is 2.58. The van der Waals surface area contributed by atoms with Crippen LogP contribution < -0.4 is 5.32 Å². The first-order chi connectivity index (χ1) is 13.2. The Hall–Kier alpha value is -2.37. The molecule has 6 nitrogen and oxygen atoms in total. The number of nitrogens with zero attached hydrogens (tertiary/aromatic N) is 2. The molecule has 2 heterocycles. The molecule has 1 aliphatic heterocycles. The van der Waals surface area contributed by atoms with Crippen molar-refractivity contribution in [3.63, 3.8) is 0 Å². The van der Waals surface area contributed by atoms with Crippen LogP contribution in [0.2, 0.25) is 0 Å². The molecule has 3 fully saturated rings. The summed E-state index contributed by atoms with van der Waals surface area (Å²) in [4.78, 5) is 30.4. The highest BCUT2D eigenvalue weighted by Gasteiger charge is 2.61. The molecule has 150 valence electrons. The molecule has 0 unspecified atom stereocenters. The van der Waals surface area contributed by atoms with E-state index in [2.05, 4.69) is 10.3 Å². The van der Waals surface area contributed by atoms with Crippen molar-refractivity contribution in [3.05, 3.63) is 36.2 Å². The third-order valence-electron chi connectivity index (χ3n) is 6.00. The van der Waals surface area contributed by atoms with Gasteiger partial charge in [-0.1, -0.05) is 6.07 Å². The number of ether oxygens (including phenoxy) is 1. The van der Waals surface area contributed by atoms with Crippen molar-refractivity contribution in [3.8, 4) is 0 Å². The first-order valence-electron chi connectivity index (χ1n) is 10.1. The molecule has 2 aliphatic carbocycles. The van der Waals surface area contributed by atoms with Crippen LogP contribution in [-0.2, 0) is 9.53 Å². The summed E-state index contributed by atoms with van der Waals surface area (Å²) in [6, 6.07) is 3.78. The molecule has 1 aromatic rings. The zero-order valence-corrected chi connectivity index (χ0v) is 16.9. The van der Waals surface area contributed by atoms with E-state index in [4.69, 9.17) is 4.74 Å². The van der Waals surface area contributed by atoms with Crippen molar-refractivity contribution < 1.29 is 14.3 Å². The molecule has 1 aromatic heterocycles. The lowest BCUT2D eigenvalue weighted by Gasteiger charge is -2.26. The average Bonchev–Trinajstić information content (AvgIpc) is 3.47. The number of pyridine rings is 1. The van der Waals surface area contributed by atoms with Crippen LogP contribution in [-0.4, -0.2) is 46.1 Å². The number of piperidine rings is 1. The SMILES string of the molecule is CC(C)(C)OC(=O)N1C[C@@H]2[C@H](C1)[C@H]2CC1(NC(=O)/C=C/c2cccnc2)CC1. The van der Waals surface area contributed by atoms with E-state index in [1.54, 1.807) is 24.5 Å². The van der Waals surface area contributed by atoms with Crippen molar-refractivity contribution in [1.82, 2.24) is 15.2 Å². The summed E-state index contributed by atoms with van der Waals surface area (Å²) in [5.41, 5.74) is 0.429. The summed E-state index contributed by atoms with van der Waals surface area (Å²) in [7, 11) is 0. The van der Waals surface area contributed by atoms with E-state index in [9.17, 15) is 9.59 Å². The van der Waals surface area contributed by atoms with Crippen molar-refractivity contribution >= 4 is 18.1 Å². The Morgan fingerprint density at radius 3 is 2.61 bits per heavy atom. The van der Waals surface area contributed by atoms with Gasteiger partial charge >= 0.3 is 6.09 Å². The van der Waals surface area contributed by atoms with Gasteiger partial charge in [0.05, 0.1) is 0 Å². The van der Waals surface area contributed by atoms with Gasteiger partial charge in [-0.15, -0.1) is 0 Å². The fourth-order valence-electron chi connectivity index (χ4n) is 4.36. The van der Waals surface area contributed by atoms with Gasteiger partial charge in [0.1, 0.15) is 5.60 Å². The van der Waals surface area contributed by atoms with Gasteiger partial charge in [0.25, 0.3) is 0 Å². The quantitative estimate of drug-likeness (QED) is 0.793. The monoisotopic (exact) mass is 383 g/mol. The fourth-order valence-corrected chi connectivity index (χ4v) is 4.36. The van der Waals surface area contributed by atoms with Gasteiger partial charge in [0.2, 0.25) is 5.91 Å². The molecule has 4 rings (SSSR count). The Labute approximate surface area is 166 Å². The number of hydrogen-bond acceptors (Lipinski definition) is 4. The van der Waals surface area contributed by atoms with Crippen LogP contribution in [0.1, 0.15) is 45.6 Å². The average molecular weight is 383 g/mol. The number of carbonyl (C=O) groups excluding carboxylic acids is 2. The normalized spacial score (nSPS) is 27.4. The minimum Gasteiger partial charge on any atom is -0.444 e. The molecule has 28 heavy (non-hydrogen) atoms. The standard InChI is InChI=1S/C22H29N3O3/c1-21(2,3)28-20(27)25-13-17-16(18(17)14-25)11-22(8-9-22)24-19(26)7-6-15-5-4-10-23-12-15/h4-7,10,12,16-18H,8-9,11,13-14H2,1-3H3,(H,24,26)/b7-6+/t16-,17-,18+. The minimum atomic E-state index is -0.449. The van der Waals surface area contributed by atoms with E-state index in [-0.39, 0.29) is 17.5 Å². The van der Waals surface area contributed by atoms with Crippen molar-refractivity contribution in [2.45, 2.75) is 51.2 Å². The van der Waals surface area contributed by atoms with Gasteiger partial charge in [0, 0.05) is 37.1 Å². The largest absolute Gasteiger partial charge is 0.444 e. The summed E-state index contributed by atoms with van der Waals surface area (Å²) < 4.78 is 5.47. The maximum atomic E-state index is 12.3. The van der Waals surface area contributed by atoms with Gasteiger partial charge < -0.3 is 15.0 Å². The molecular formula is C22H29N3O3. The lowest BCUT2D eigenvalue weighted by molar-refractivity contribution is -0.117. The number of hydrogen-bond donors (Lipinski definition) is 1. The second kappa shape index (κ2) is 6.90.